The van der Waals surface area contributed by atoms with Crippen LogP contribution in [0.1, 0.15) is 31.2 Å². The zero-order valence-electron chi connectivity index (χ0n) is 11.9. The molecule has 1 aliphatic rings. The van der Waals surface area contributed by atoms with Gasteiger partial charge in [0.2, 0.25) is 5.91 Å². The molecule has 1 aromatic carbocycles. The summed E-state index contributed by atoms with van der Waals surface area (Å²) < 4.78 is 0. The fraction of sp³-hybridized carbons (Fsp3) is 0.467. The normalized spacial score (nSPS) is 23.0. The van der Waals surface area contributed by atoms with Gasteiger partial charge in [0.05, 0.1) is 6.10 Å². The van der Waals surface area contributed by atoms with Crippen LogP contribution in [0.4, 0.5) is 5.69 Å². The van der Waals surface area contributed by atoms with Crippen molar-refractivity contribution in [2.45, 2.75) is 37.8 Å². The van der Waals surface area contributed by atoms with Gasteiger partial charge in [-0.25, -0.2) is 4.79 Å². The van der Waals surface area contributed by atoms with Crippen LogP contribution in [0.5, 0.6) is 0 Å². The lowest BCUT2D eigenvalue weighted by Crippen LogP contribution is -2.41. The molecule has 0 aliphatic carbocycles. The van der Waals surface area contributed by atoms with E-state index < -0.39 is 18.1 Å². The number of carboxylic acids is 1. The molecule has 0 saturated carbocycles. The highest BCUT2D eigenvalue weighted by molar-refractivity contribution is 5.84. The number of aliphatic carboxylic acids is 1. The van der Waals surface area contributed by atoms with Crippen molar-refractivity contribution in [2.24, 2.45) is 0 Å². The first-order valence-electron chi connectivity index (χ1n) is 6.94. The lowest BCUT2D eigenvalue weighted by Gasteiger charge is -2.23. The topological polar surface area (TPSA) is 104 Å². The number of nitrogen functional groups attached to an aromatic ring is 1. The Bertz CT molecular complexity index is 529. The molecule has 4 N–H and O–H groups in total. The molecule has 3 atom stereocenters. The van der Waals surface area contributed by atoms with Gasteiger partial charge in [-0.1, -0.05) is 19.1 Å². The van der Waals surface area contributed by atoms with Gasteiger partial charge in [0.15, 0.2) is 0 Å². The quantitative estimate of drug-likeness (QED) is 0.712. The van der Waals surface area contributed by atoms with Crippen LogP contribution in [-0.4, -0.2) is 45.7 Å². The maximum Gasteiger partial charge on any atom is 0.326 e. The van der Waals surface area contributed by atoms with Crippen LogP contribution in [0.15, 0.2) is 24.3 Å². The van der Waals surface area contributed by atoms with Crippen LogP contribution in [0.3, 0.4) is 0 Å². The third-order valence-corrected chi connectivity index (χ3v) is 3.87. The van der Waals surface area contributed by atoms with Crippen molar-refractivity contribution in [3.05, 3.63) is 29.8 Å². The number of anilines is 1. The van der Waals surface area contributed by atoms with E-state index in [-0.39, 0.29) is 31.2 Å². The van der Waals surface area contributed by atoms with E-state index in [2.05, 4.69) is 0 Å². The van der Waals surface area contributed by atoms with Gasteiger partial charge in [-0.15, -0.1) is 0 Å². The monoisotopic (exact) mass is 292 g/mol. The summed E-state index contributed by atoms with van der Waals surface area (Å²) >= 11 is 0. The van der Waals surface area contributed by atoms with E-state index in [1.165, 1.54) is 4.90 Å². The Kier molecular flexibility index (Phi) is 4.47. The number of aliphatic hydroxyl groups is 1. The van der Waals surface area contributed by atoms with E-state index in [1.54, 1.807) is 12.1 Å². The van der Waals surface area contributed by atoms with Crippen molar-refractivity contribution in [3.63, 3.8) is 0 Å². The standard InChI is InChI=1S/C15H20N2O4/c1-9(10-2-4-11(16)5-3-10)6-14(19)17-8-12(18)7-13(17)15(20)21/h2-5,9,12-13,18H,6-8,16H2,1H3,(H,20,21)/t9?,12-,13-/m0/s1. The second kappa shape index (κ2) is 6.13. The lowest BCUT2D eigenvalue weighted by molar-refractivity contribution is -0.148. The molecule has 0 spiro atoms. The number of hydrogen-bond acceptors (Lipinski definition) is 4. The number of amides is 1. The molecule has 0 aromatic heterocycles. The summed E-state index contributed by atoms with van der Waals surface area (Å²) in [4.78, 5) is 24.7. The van der Waals surface area contributed by atoms with Gasteiger partial charge in [-0.3, -0.25) is 4.79 Å². The van der Waals surface area contributed by atoms with Crippen LogP contribution in [0.2, 0.25) is 0 Å². The van der Waals surface area contributed by atoms with Crippen LogP contribution in [0, 0.1) is 0 Å². The minimum absolute atomic E-state index is 0.0368. The number of aliphatic hydroxyl groups excluding tert-OH is 1. The maximum absolute atomic E-state index is 12.3. The molecule has 1 fully saturated rings. The van der Waals surface area contributed by atoms with Crippen molar-refractivity contribution in [3.8, 4) is 0 Å². The van der Waals surface area contributed by atoms with Gasteiger partial charge < -0.3 is 20.8 Å². The molecule has 1 aliphatic heterocycles. The van der Waals surface area contributed by atoms with Crippen LogP contribution in [-0.2, 0) is 9.59 Å². The molecule has 0 bridgehead atoms. The Morgan fingerprint density at radius 1 is 1.38 bits per heavy atom. The number of benzene rings is 1. The van der Waals surface area contributed by atoms with Crippen molar-refractivity contribution in [1.82, 2.24) is 4.90 Å². The van der Waals surface area contributed by atoms with E-state index in [1.807, 2.05) is 19.1 Å². The molecule has 1 heterocycles. The Morgan fingerprint density at radius 2 is 2.00 bits per heavy atom. The highest BCUT2D eigenvalue weighted by Crippen LogP contribution is 2.25. The van der Waals surface area contributed by atoms with E-state index in [0.29, 0.717) is 5.69 Å². The number of carbonyl (C=O) groups is 2. The van der Waals surface area contributed by atoms with E-state index in [9.17, 15) is 14.7 Å². The van der Waals surface area contributed by atoms with E-state index in [0.717, 1.165) is 5.56 Å². The van der Waals surface area contributed by atoms with Crippen LogP contribution < -0.4 is 5.73 Å². The summed E-state index contributed by atoms with van der Waals surface area (Å²) in [6, 6.07) is 6.35. The fourth-order valence-electron chi connectivity index (χ4n) is 2.65. The van der Waals surface area contributed by atoms with Gasteiger partial charge in [0, 0.05) is 25.1 Å². The number of likely N-dealkylation sites (tertiary alicyclic amines) is 1. The summed E-state index contributed by atoms with van der Waals surface area (Å²) in [5.41, 5.74) is 7.26. The third-order valence-electron chi connectivity index (χ3n) is 3.87. The maximum atomic E-state index is 12.3. The van der Waals surface area contributed by atoms with E-state index >= 15 is 0 Å². The van der Waals surface area contributed by atoms with Gasteiger partial charge >= 0.3 is 5.97 Å². The Balaban J connectivity index is 2.03. The van der Waals surface area contributed by atoms with Crippen molar-refractivity contribution >= 4 is 17.6 Å². The first-order valence-corrected chi connectivity index (χ1v) is 6.94. The predicted octanol–water partition coefficient (Wildman–Crippen LogP) is 0.809. The molecule has 114 valence electrons. The van der Waals surface area contributed by atoms with Crippen LogP contribution >= 0.6 is 0 Å². The highest BCUT2D eigenvalue weighted by atomic mass is 16.4. The second-order valence-electron chi connectivity index (χ2n) is 5.56. The van der Waals surface area contributed by atoms with Gasteiger partial charge in [-0.2, -0.15) is 0 Å². The SMILES string of the molecule is CC(CC(=O)N1C[C@@H](O)C[C@H]1C(=O)O)c1ccc(N)cc1. The fourth-order valence-corrected chi connectivity index (χ4v) is 2.65. The first kappa shape index (κ1) is 15.3. The number of carbonyl (C=O) groups excluding carboxylic acids is 1. The van der Waals surface area contributed by atoms with Gasteiger partial charge in [0.1, 0.15) is 6.04 Å². The number of β-amino-alcohol motifs (C(OH)–C–C–N with tert-alkyl or cyclic N) is 1. The van der Waals surface area contributed by atoms with Crippen molar-refractivity contribution < 1.29 is 19.8 Å². The molecule has 6 heteroatoms. The number of carboxylic acid groups (broad SMARTS) is 1. The molecule has 0 radical (unpaired) electrons. The largest absolute Gasteiger partial charge is 0.480 e. The molecular formula is C15H20N2O4. The number of nitrogens with two attached hydrogens (primary N) is 1. The molecular weight excluding hydrogens is 272 g/mol. The van der Waals surface area contributed by atoms with Crippen molar-refractivity contribution in [1.29, 1.82) is 0 Å². The van der Waals surface area contributed by atoms with Crippen LogP contribution in [0.25, 0.3) is 0 Å². The summed E-state index contributed by atoms with van der Waals surface area (Å²) in [5.74, 6) is -1.35. The number of rotatable bonds is 4. The molecule has 1 saturated heterocycles. The number of nitrogens with zero attached hydrogens (tertiary/aromatic N) is 1. The summed E-state index contributed by atoms with van der Waals surface area (Å²) in [6.45, 7) is 2.00. The summed E-state index contributed by atoms with van der Waals surface area (Å²) in [5, 5.41) is 18.7. The molecule has 21 heavy (non-hydrogen) atoms. The molecule has 2 rings (SSSR count). The summed E-state index contributed by atoms with van der Waals surface area (Å²) in [7, 11) is 0. The molecule has 1 unspecified atom stereocenters. The second-order valence-corrected chi connectivity index (χ2v) is 5.56. The Morgan fingerprint density at radius 3 is 2.57 bits per heavy atom. The highest BCUT2D eigenvalue weighted by Gasteiger charge is 2.38. The third kappa shape index (κ3) is 3.52. The predicted molar refractivity (Wildman–Crippen MR) is 77.6 cm³/mol. The average molecular weight is 292 g/mol. The van der Waals surface area contributed by atoms with Gasteiger partial charge in [-0.05, 0) is 23.6 Å². The lowest BCUT2D eigenvalue weighted by atomic mass is 9.97. The molecule has 1 aromatic rings. The zero-order chi connectivity index (χ0) is 15.6. The summed E-state index contributed by atoms with van der Waals surface area (Å²) in [6.07, 6.45) is -0.459. The Hall–Kier alpha value is -2.08. The zero-order valence-corrected chi connectivity index (χ0v) is 11.9. The van der Waals surface area contributed by atoms with Gasteiger partial charge in [0.25, 0.3) is 0 Å². The molecule has 1 amide bonds. The van der Waals surface area contributed by atoms with Crippen molar-refractivity contribution in [2.75, 3.05) is 12.3 Å². The number of hydrogen-bond donors (Lipinski definition) is 3. The smallest absolute Gasteiger partial charge is 0.326 e. The molecule has 6 nitrogen and oxygen atoms in total. The minimum Gasteiger partial charge on any atom is -0.480 e. The Labute approximate surface area is 123 Å². The van der Waals surface area contributed by atoms with E-state index in [4.69, 9.17) is 10.8 Å². The first-order chi connectivity index (χ1) is 9.88. The minimum atomic E-state index is -1.07. The average Bonchev–Trinajstić information content (AvgIpc) is 2.82.